The van der Waals surface area contributed by atoms with Crippen molar-refractivity contribution in [3.8, 4) is 5.75 Å². The predicted octanol–water partition coefficient (Wildman–Crippen LogP) is 2.10. The minimum absolute atomic E-state index is 0.435. The van der Waals surface area contributed by atoms with Crippen molar-refractivity contribution in [1.82, 2.24) is 4.98 Å². The first-order chi connectivity index (χ1) is 9.11. The molecule has 100 valence electrons. The number of carbonyl (C=O) groups is 1. The summed E-state index contributed by atoms with van der Waals surface area (Å²) in [5, 5.41) is 3.11. The van der Waals surface area contributed by atoms with Crippen LogP contribution in [0.4, 0.5) is 5.69 Å². The zero-order chi connectivity index (χ0) is 13.8. The Hall–Kier alpha value is -2.08. The number of hydrogen-bond acceptors (Lipinski definition) is 5. The minimum atomic E-state index is -0.584. The van der Waals surface area contributed by atoms with Crippen LogP contribution < -0.4 is 15.8 Å². The molecule has 0 bridgehead atoms. The van der Waals surface area contributed by atoms with Gasteiger partial charge in [-0.1, -0.05) is 6.07 Å². The van der Waals surface area contributed by atoms with Gasteiger partial charge in [-0.3, -0.25) is 4.79 Å². The normalized spacial score (nSPS) is 11.9. The second kappa shape index (κ2) is 5.71. The molecule has 19 heavy (non-hydrogen) atoms. The van der Waals surface area contributed by atoms with Crippen molar-refractivity contribution in [2.75, 3.05) is 12.4 Å². The number of carbonyl (C=O) groups excluding carboxylic acids is 1. The molecule has 0 aliphatic rings. The largest absolute Gasteiger partial charge is 0.497 e. The number of aromatic nitrogens is 1. The van der Waals surface area contributed by atoms with E-state index in [9.17, 15) is 4.79 Å². The maximum atomic E-state index is 11.6. The SMILES string of the molecule is COc1cccc(NC(C(N)=O)c2scnc2C)c1. The molecule has 0 radical (unpaired) electrons. The number of anilines is 1. The monoisotopic (exact) mass is 277 g/mol. The van der Waals surface area contributed by atoms with Crippen molar-refractivity contribution in [3.05, 3.63) is 40.3 Å². The van der Waals surface area contributed by atoms with E-state index in [0.29, 0.717) is 5.75 Å². The molecule has 3 N–H and O–H groups in total. The summed E-state index contributed by atoms with van der Waals surface area (Å²) >= 11 is 1.41. The highest BCUT2D eigenvalue weighted by Gasteiger charge is 2.21. The molecule has 0 saturated heterocycles. The molecule has 0 aliphatic heterocycles. The van der Waals surface area contributed by atoms with Crippen molar-refractivity contribution in [3.63, 3.8) is 0 Å². The highest BCUT2D eigenvalue weighted by Crippen LogP contribution is 2.27. The number of hydrogen-bond donors (Lipinski definition) is 2. The van der Waals surface area contributed by atoms with Gasteiger partial charge in [0.25, 0.3) is 0 Å². The number of nitrogens with zero attached hydrogens (tertiary/aromatic N) is 1. The van der Waals surface area contributed by atoms with Crippen LogP contribution in [0, 0.1) is 6.92 Å². The first-order valence-electron chi connectivity index (χ1n) is 5.71. The molecule has 0 aliphatic carbocycles. The summed E-state index contributed by atoms with van der Waals surface area (Å²) in [5.41, 5.74) is 8.75. The molecule has 2 rings (SSSR count). The maximum Gasteiger partial charge on any atom is 0.245 e. The fourth-order valence-electron chi connectivity index (χ4n) is 1.73. The van der Waals surface area contributed by atoms with Gasteiger partial charge < -0.3 is 15.8 Å². The molecule has 0 fully saturated rings. The van der Waals surface area contributed by atoms with E-state index in [1.807, 2.05) is 31.2 Å². The van der Waals surface area contributed by atoms with E-state index in [4.69, 9.17) is 10.5 Å². The summed E-state index contributed by atoms with van der Waals surface area (Å²) in [6, 6.07) is 6.77. The number of amides is 1. The number of aryl methyl sites for hydroxylation is 1. The summed E-state index contributed by atoms with van der Waals surface area (Å²) in [4.78, 5) is 16.6. The van der Waals surface area contributed by atoms with Gasteiger partial charge in [0.05, 0.1) is 23.2 Å². The number of rotatable bonds is 5. The summed E-state index contributed by atoms with van der Waals surface area (Å²) in [5.74, 6) is 0.282. The fraction of sp³-hybridized carbons (Fsp3) is 0.231. The Morgan fingerprint density at radius 2 is 2.32 bits per heavy atom. The molecule has 0 spiro atoms. The third kappa shape index (κ3) is 3.03. The van der Waals surface area contributed by atoms with Crippen LogP contribution in [0.2, 0.25) is 0 Å². The Morgan fingerprint density at radius 3 is 2.89 bits per heavy atom. The number of methoxy groups -OCH3 is 1. The number of nitrogens with two attached hydrogens (primary N) is 1. The lowest BCUT2D eigenvalue weighted by atomic mass is 10.2. The molecule has 1 aromatic heterocycles. The van der Waals surface area contributed by atoms with E-state index in [2.05, 4.69) is 10.3 Å². The highest BCUT2D eigenvalue weighted by molar-refractivity contribution is 7.10. The van der Waals surface area contributed by atoms with Crippen LogP contribution in [0.5, 0.6) is 5.75 Å². The molecule has 1 amide bonds. The molecular weight excluding hydrogens is 262 g/mol. The van der Waals surface area contributed by atoms with Gasteiger partial charge in [-0.05, 0) is 19.1 Å². The van der Waals surface area contributed by atoms with Crippen LogP contribution in [0.1, 0.15) is 16.6 Å². The Labute approximate surface area is 115 Å². The molecule has 1 unspecified atom stereocenters. The number of ether oxygens (including phenoxy) is 1. The Morgan fingerprint density at radius 1 is 1.53 bits per heavy atom. The van der Waals surface area contributed by atoms with Gasteiger partial charge in [0.1, 0.15) is 11.8 Å². The van der Waals surface area contributed by atoms with E-state index >= 15 is 0 Å². The van der Waals surface area contributed by atoms with Gasteiger partial charge >= 0.3 is 0 Å². The van der Waals surface area contributed by atoms with Crippen molar-refractivity contribution >= 4 is 22.9 Å². The quantitative estimate of drug-likeness (QED) is 0.877. The van der Waals surface area contributed by atoms with Gasteiger partial charge in [0.15, 0.2) is 0 Å². The molecule has 1 atom stereocenters. The zero-order valence-corrected chi connectivity index (χ0v) is 11.5. The van der Waals surface area contributed by atoms with E-state index in [-0.39, 0.29) is 0 Å². The fourth-order valence-corrected chi connectivity index (χ4v) is 2.59. The molecule has 6 heteroatoms. The number of benzene rings is 1. The second-order valence-electron chi connectivity index (χ2n) is 4.01. The van der Waals surface area contributed by atoms with E-state index in [1.54, 1.807) is 12.6 Å². The average molecular weight is 277 g/mol. The van der Waals surface area contributed by atoms with E-state index < -0.39 is 11.9 Å². The lowest BCUT2D eigenvalue weighted by Crippen LogP contribution is -2.27. The molecular formula is C13H15N3O2S. The summed E-state index contributed by atoms with van der Waals surface area (Å²) < 4.78 is 5.15. The van der Waals surface area contributed by atoms with Gasteiger partial charge in [-0.2, -0.15) is 0 Å². The number of thiazole rings is 1. The lowest BCUT2D eigenvalue weighted by Gasteiger charge is -2.16. The summed E-state index contributed by atoms with van der Waals surface area (Å²) in [7, 11) is 1.60. The Balaban J connectivity index is 2.27. The molecule has 1 heterocycles. The lowest BCUT2D eigenvalue weighted by molar-refractivity contribution is -0.118. The van der Waals surface area contributed by atoms with Crippen molar-refractivity contribution in [2.45, 2.75) is 13.0 Å². The van der Waals surface area contributed by atoms with Crippen molar-refractivity contribution in [2.24, 2.45) is 5.73 Å². The predicted molar refractivity (Wildman–Crippen MR) is 75.4 cm³/mol. The summed E-state index contributed by atoms with van der Waals surface area (Å²) in [6.07, 6.45) is 0. The standard InChI is InChI=1S/C13H15N3O2S/c1-8-12(19-7-15-8)11(13(14)17)16-9-4-3-5-10(6-9)18-2/h3-7,11,16H,1-2H3,(H2,14,17). The van der Waals surface area contributed by atoms with Crippen LogP contribution in [0.15, 0.2) is 29.8 Å². The van der Waals surface area contributed by atoms with E-state index in [0.717, 1.165) is 16.3 Å². The van der Waals surface area contributed by atoms with Gasteiger partial charge in [0.2, 0.25) is 5.91 Å². The number of primary amides is 1. The highest BCUT2D eigenvalue weighted by atomic mass is 32.1. The topological polar surface area (TPSA) is 77.2 Å². The first-order valence-corrected chi connectivity index (χ1v) is 6.59. The third-order valence-corrected chi connectivity index (χ3v) is 3.71. The molecule has 2 aromatic rings. The van der Waals surface area contributed by atoms with Crippen LogP contribution in [0.3, 0.4) is 0 Å². The minimum Gasteiger partial charge on any atom is -0.497 e. The van der Waals surface area contributed by atoms with Crippen LogP contribution in [-0.2, 0) is 4.79 Å². The van der Waals surface area contributed by atoms with Crippen LogP contribution in [-0.4, -0.2) is 18.0 Å². The molecule has 5 nitrogen and oxygen atoms in total. The van der Waals surface area contributed by atoms with Gasteiger partial charge in [0, 0.05) is 11.8 Å². The van der Waals surface area contributed by atoms with Crippen molar-refractivity contribution in [1.29, 1.82) is 0 Å². The first kappa shape index (κ1) is 13.4. The summed E-state index contributed by atoms with van der Waals surface area (Å²) in [6.45, 7) is 1.86. The molecule has 0 saturated carbocycles. The van der Waals surface area contributed by atoms with Gasteiger partial charge in [-0.25, -0.2) is 4.98 Å². The molecule has 1 aromatic carbocycles. The van der Waals surface area contributed by atoms with Gasteiger partial charge in [-0.15, -0.1) is 11.3 Å². The third-order valence-electron chi connectivity index (χ3n) is 2.71. The van der Waals surface area contributed by atoms with Crippen LogP contribution in [0.25, 0.3) is 0 Å². The Bertz CT molecular complexity index is 583. The average Bonchev–Trinajstić information content (AvgIpc) is 2.82. The maximum absolute atomic E-state index is 11.6. The zero-order valence-electron chi connectivity index (χ0n) is 10.7. The second-order valence-corrected chi connectivity index (χ2v) is 4.90. The van der Waals surface area contributed by atoms with Crippen molar-refractivity contribution < 1.29 is 9.53 Å². The van der Waals surface area contributed by atoms with Crippen LogP contribution >= 0.6 is 11.3 Å². The Kier molecular flexibility index (Phi) is 4.01. The smallest absolute Gasteiger partial charge is 0.245 e. The number of nitrogens with one attached hydrogen (secondary N) is 1. The van der Waals surface area contributed by atoms with E-state index in [1.165, 1.54) is 11.3 Å².